The third-order valence-corrected chi connectivity index (χ3v) is 3.22. The highest BCUT2D eigenvalue weighted by Gasteiger charge is 2.05. The fourth-order valence-electron chi connectivity index (χ4n) is 1.99. The van der Waals surface area contributed by atoms with E-state index in [1.54, 1.807) is 4.52 Å². The monoisotopic (exact) mass is 287 g/mol. The molecule has 0 N–H and O–H groups in total. The highest BCUT2D eigenvalue weighted by Crippen LogP contribution is 2.20. The Morgan fingerprint density at radius 3 is 2.75 bits per heavy atom. The molecular weight excluding hydrogens is 274 g/mol. The molecule has 3 rings (SSSR count). The maximum atomic E-state index is 5.90. The van der Waals surface area contributed by atoms with Crippen LogP contribution in [-0.2, 0) is 11.3 Å². The van der Waals surface area contributed by atoms with Crippen LogP contribution in [0.1, 0.15) is 12.6 Å². The van der Waals surface area contributed by atoms with Gasteiger partial charge in [-0.15, -0.1) is 0 Å². The topological polar surface area (TPSA) is 39.4 Å². The lowest BCUT2D eigenvalue weighted by Gasteiger charge is -2.01. The second-order valence-electron chi connectivity index (χ2n) is 4.40. The first-order valence-corrected chi connectivity index (χ1v) is 6.83. The van der Waals surface area contributed by atoms with Crippen molar-refractivity contribution in [1.29, 1.82) is 0 Å². The van der Waals surface area contributed by atoms with E-state index in [9.17, 15) is 0 Å². The maximum Gasteiger partial charge on any atom is 0.155 e. The Labute approximate surface area is 122 Å². The van der Waals surface area contributed by atoms with E-state index in [0.29, 0.717) is 13.2 Å². The molecule has 3 aromatic rings. The molecule has 0 saturated carbocycles. The highest BCUT2D eigenvalue weighted by atomic mass is 35.5. The maximum absolute atomic E-state index is 5.90. The summed E-state index contributed by atoms with van der Waals surface area (Å²) in [4.78, 5) is 4.61. The van der Waals surface area contributed by atoms with Crippen molar-refractivity contribution in [2.45, 2.75) is 13.5 Å². The molecule has 0 amide bonds. The zero-order valence-corrected chi connectivity index (χ0v) is 11.8. The molecule has 0 saturated heterocycles. The van der Waals surface area contributed by atoms with Crippen molar-refractivity contribution in [3.05, 3.63) is 53.3 Å². The normalized spacial score (nSPS) is 11.1. The van der Waals surface area contributed by atoms with Gasteiger partial charge in [0.2, 0.25) is 0 Å². The van der Waals surface area contributed by atoms with Gasteiger partial charge in [0.25, 0.3) is 0 Å². The summed E-state index contributed by atoms with van der Waals surface area (Å²) in [5.41, 5.74) is 3.63. The lowest BCUT2D eigenvalue weighted by atomic mass is 10.1. The number of rotatable bonds is 4. The van der Waals surface area contributed by atoms with E-state index < -0.39 is 0 Å². The standard InChI is InChI=1S/C15H14ClN3O/c1-2-20-10-13-9-15-17-14(7-8-19(15)18-13)11-3-5-12(16)6-4-11/h3-9H,2,10H2,1H3. The van der Waals surface area contributed by atoms with Gasteiger partial charge in [0.1, 0.15) is 0 Å². The molecule has 4 nitrogen and oxygen atoms in total. The smallest absolute Gasteiger partial charge is 0.155 e. The van der Waals surface area contributed by atoms with Gasteiger partial charge in [-0.1, -0.05) is 23.7 Å². The highest BCUT2D eigenvalue weighted by molar-refractivity contribution is 6.30. The zero-order chi connectivity index (χ0) is 13.9. The number of ether oxygens (including phenoxy) is 1. The van der Waals surface area contributed by atoms with Gasteiger partial charge in [0.15, 0.2) is 5.65 Å². The van der Waals surface area contributed by atoms with E-state index >= 15 is 0 Å². The molecule has 0 radical (unpaired) electrons. The van der Waals surface area contributed by atoms with Crippen molar-refractivity contribution in [2.75, 3.05) is 6.61 Å². The molecule has 102 valence electrons. The number of fused-ring (bicyclic) bond motifs is 1. The average Bonchev–Trinajstić information content (AvgIpc) is 2.87. The molecule has 5 heteroatoms. The average molecular weight is 288 g/mol. The van der Waals surface area contributed by atoms with Crippen molar-refractivity contribution >= 4 is 17.2 Å². The molecule has 0 bridgehead atoms. The van der Waals surface area contributed by atoms with Gasteiger partial charge in [-0.2, -0.15) is 5.10 Å². The van der Waals surface area contributed by atoms with Crippen LogP contribution in [0.4, 0.5) is 0 Å². The second kappa shape index (κ2) is 5.61. The number of hydrogen-bond donors (Lipinski definition) is 0. The molecule has 0 fully saturated rings. The van der Waals surface area contributed by atoms with Crippen LogP contribution in [0.25, 0.3) is 16.9 Å². The van der Waals surface area contributed by atoms with E-state index in [1.807, 2.05) is 49.5 Å². The summed E-state index contributed by atoms with van der Waals surface area (Å²) in [5.74, 6) is 0. The number of benzene rings is 1. The van der Waals surface area contributed by atoms with E-state index in [4.69, 9.17) is 16.3 Å². The Hall–Kier alpha value is -1.91. The van der Waals surface area contributed by atoms with E-state index in [1.165, 1.54) is 0 Å². The third-order valence-electron chi connectivity index (χ3n) is 2.97. The number of aromatic nitrogens is 3. The fraction of sp³-hybridized carbons (Fsp3) is 0.200. The van der Waals surface area contributed by atoms with Crippen molar-refractivity contribution < 1.29 is 4.74 Å². The SMILES string of the molecule is CCOCc1cc2nc(-c3ccc(Cl)cc3)ccn2n1. The van der Waals surface area contributed by atoms with Gasteiger partial charge in [-0.3, -0.25) is 0 Å². The molecule has 0 aliphatic heterocycles. The van der Waals surface area contributed by atoms with Gasteiger partial charge in [-0.05, 0) is 25.1 Å². The summed E-state index contributed by atoms with van der Waals surface area (Å²) in [5, 5.41) is 5.13. The molecule has 1 aromatic carbocycles. The Kier molecular flexibility index (Phi) is 3.67. The van der Waals surface area contributed by atoms with Crippen LogP contribution in [0.5, 0.6) is 0 Å². The van der Waals surface area contributed by atoms with Crippen LogP contribution in [0, 0.1) is 0 Å². The molecule has 20 heavy (non-hydrogen) atoms. The van der Waals surface area contributed by atoms with E-state index in [0.717, 1.165) is 27.6 Å². The Morgan fingerprint density at radius 1 is 1.20 bits per heavy atom. The zero-order valence-electron chi connectivity index (χ0n) is 11.1. The van der Waals surface area contributed by atoms with Crippen LogP contribution < -0.4 is 0 Å². The van der Waals surface area contributed by atoms with Crippen LogP contribution in [0.2, 0.25) is 5.02 Å². The minimum atomic E-state index is 0.510. The largest absolute Gasteiger partial charge is 0.375 e. The predicted molar refractivity (Wildman–Crippen MR) is 78.8 cm³/mol. The van der Waals surface area contributed by atoms with Crippen molar-refractivity contribution in [1.82, 2.24) is 14.6 Å². The Balaban J connectivity index is 1.95. The first kappa shape index (κ1) is 13.1. The van der Waals surface area contributed by atoms with Crippen LogP contribution in [0.15, 0.2) is 42.6 Å². The number of halogens is 1. The minimum absolute atomic E-state index is 0.510. The van der Waals surface area contributed by atoms with E-state index in [-0.39, 0.29) is 0 Å². The predicted octanol–water partition coefficient (Wildman–Crippen LogP) is 3.59. The summed E-state index contributed by atoms with van der Waals surface area (Å²) < 4.78 is 7.12. The molecule has 0 atom stereocenters. The molecule has 2 aromatic heterocycles. The van der Waals surface area contributed by atoms with Crippen LogP contribution in [-0.4, -0.2) is 21.2 Å². The quantitative estimate of drug-likeness (QED) is 0.736. The van der Waals surface area contributed by atoms with Gasteiger partial charge in [0, 0.05) is 29.5 Å². The first-order chi connectivity index (χ1) is 9.76. The first-order valence-electron chi connectivity index (χ1n) is 6.45. The molecule has 0 aliphatic rings. The number of nitrogens with zero attached hydrogens (tertiary/aromatic N) is 3. The lowest BCUT2D eigenvalue weighted by molar-refractivity contribution is 0.131. The van der Waals surface area contributed by atoms with Gasteiger partial charge >= 0.3 is 0 Å². The summed E-state index contributed by atoms with van der Waals surface area (Å²) in [6.45, 7) is 3.15. The summed E-state index contributed by atoms with van der Waals surface area (Å²) in [6, 6.07) is 11.5. The molecule has 0 aliphatic carbocycles. The van der Waals surface area contributed by atoms with Crippen molar-refractivity contribution in [3.63, 3.8) is 0 Å². The van der Waals surface area contributed by atoms with Gasteiger partial charge in [0.05, 0.1) is 18.0 Å². The molecule has 0 spiro atoms. The van der Waals surface area contributed by atoms with E-state index in [2.05, 4.69) is 10.1 Å². The summed E-state index contributed by atoms with van der Waals surface area (Å²) in [7, 11) is 0. The fourth-order valence-corrected chi connectivity index (χ4v) is 2.11. The second-order valence-corrected chi connectivity index (χ2v) is 4.83. The molecular formula is C15H14ClN3O. The summed E-state index contributed by atoms with van der Waals surface area (Å²) >= 11 is 5.90. The van der Waals surface area contributed by atoms with Crippen LogP contribution in [0.3, 0.4) is 0 Å². The Morgan fingerprint density at radius 2 is 2.00 bits per heavy atom. The Bertz CT molecular complexity index is 722. The third kappa shape index (κ3) is 2.66. The molecule has 0 unspecified atom stereocenters. The summed E-state index contributed by atoms with van der Waals surface area (Å²) in [6.07, 6.45) is 1.90. The van der Waals surface area contributed by atoms with Crippen molar-refractivity contribution in [2.24, 2.45) is 0 Å². The van der Waals surface area contributed by atoms with Crippen molar-refractivity contribution in [3.8, 4) is 11.3 Å². The van der Waals surface area contributed by atoms with Gasteiger partial charge in [-0.25, -0.2) is 9.50 Å². The molecule has 2 heterocycles. The van der Waals surface area contributed by atoms with Gasteiger partial charge < -0.3 is 4.74 Å². The lowest BCUT2D eigenvalue weighted by Crippen LogP contribution is -1.94. The number of hydrogen-bond acceptors (Lipinski definition) is 3. The van der Waals surface area contributed by atoms with Crippen LogP contribution >= 0.6 is 11.6 Å². The minimum Gasteiger partial charge on any atom is -0.375 e.